The van der Waals surface area contributed by atoms with Gasteiger partial charge < -0.3 is 10.1 Å². The smallest absolute Gasteiger partial charge is 0.238 e. The molecule has 33 heavy (non-hydrogen) atoms. The lowest BCUT2D eigenvalue weighted by molar-refractivity contribution is -0.116. The molecule has 6 rings (SSSR count). The van der Waals surface area contributed by atoms with Gasteiger partial charge in [-0.15, -0.1) is 0 Å². The van der Waals surface area contributed by atoms with E-state index < -0.39 is 5.92 Å². The van der Waals surface area contributed by atoms with Gasteiger partial charge in [0.15, 0.2) is 0 Å². The molecule has 0 saturated heterocycles. The van der Waals surface area contributed by atoms with E-state index >= 15 is 0 Å². The molecule has 0 aliphatic carbocycles. The monoisotopic (exact) mass is 428 g/mol. The average molecular weight is 428 g/mol. The molecule has 1 N–H and O–H groups in total. The third-order valence-electron chi connectivity index (χ3n) is 5.96. The maximum absolute atomic E-state index is 12.9. The summed E-state index contributed by atoms with van der Waals surface area (Å²) in [4.78, 5) is 17.6. The number of carbonyl (C=O) groups excluding carboxylic acids is 1. The number of benzene rings is 4. The van der Waals surface area contributed by atoms with Gasteiger partial charge in [-0.05, 0) is 65.2 Å². The first-order chi connectivity index (χ1) is 16.2. The third kappa shape index (κ3) is 3.62. The van der Waals surface area contributed by atoms with E-state index in [2.05, 4.69) is 11.4 Å². The Balaban J connectivity index is 1.32. The van der Waals surface area contributed by atoms with Crippen LogP contribution in [0, 0.1) is 0 Å². The van der Waals surface area contributed by atoms with E-state index in [-0.39, 0.29) is 5.91 Å². The van der Waals surface area contributed by atoms with Crippen molar-refractivity contribution in [3.63, 3.8) is 0 Å². The van der Waals surface area contributed by atoms with Crippen molar-refractivity contribution in [3.8, 4) is 22.6 Å². The first kappa shape index (κ1) is 19.3. The zero-order chi connectivity index (χ0) is 22.2. The van der Waals surface area contributed by atoms with Gasteiger partial charge in [0.25, 0.3) is 0 Å². The van der Waals surface area contributed by atoms with Gasteiger partial charge in [-0.2, -0.15) is 0 Å². The zero-order valence-electron chi connectivity index (χ0n) is 17.7. The second-order valence-corrected chi connectivity index (χ2v) is 8.09. The van der Waals surface area contributed by atoms with Crippen molar-refractivity contribution < 1.29 is 9.53 Å². The number of carbonyl (C=O) groups is 1. The van der Waals surface area contributed by atoms with Crippen molar-refractivity contribution in [2.75, 3.05) is 5.32 Å². The van der Waals surface area contributed by atoms with Crippen LogP contribution in [0.1, 0.15) is 17.2 Å². The highest BCUT2D eigenvalue weighted by molar-refractivity contribution is 6.05. The molecule has 0 bridgehead atoms. The van der Waals surface area contributed by atoms with Crippen LogP contribution in [0.2, 0.25) is 0 Å². The Morgan fingerprint density at radius 1 is 0.697 bits per heavy atom. The van der Waals surface area contributed by atoms with Crippen LogP contribution < -0.4 is 10.1 Å². The molecular weight excluding hydrogens is 408 g/mol. The van der Waals surface area contributed by atoms with E-state index in [0.29, 0.717) is 0 Å². The second-order valence-electron chi connectivity index (χ2n) is 8.09. The highest BCUT2D eigenvalue weighted by Crippen LogP contribution is 2.39. The second kappa shape index (κ2) is 7.92. The molecule has 4 aromatic carbocycles. The van der Waals surface area contributed by atoms with Gasteiger partial charge in [-0.25, -0.2) is 0 Å². The highest BCUT2D eigenvalue weighted by atomic mass is 16.5. The van der Waals surface area contributed by atoms with Crippen LogP contribution in [-0.2, 0) is 4.79 Å². The molecule has 1 unspecified atom stereocenters. The fraction of sp³-hybridized carbons (Fsp3) is 0.0345. The fourth-order valence-corrected chi connectivity index (χ4v) is 4.32. The van der Waals surface area contributed by atoms with E-state index in [1.807, 2.05) is 103 Å². The summed E-state index contributed by atoms with van der Waals surface area (Å²) in [7, 11) is 0. The molecule has 0 fully saturated rings. The Hall–Kier alpha value is -4.44. The van der Waals surface area contributed by atoms with Crippen molar-refractivity contribution in [3.05, 3.63) is 120 Å². The summed E-state index contributed by atoms with van der Waals surface area (Å²) in [6, 6.07) is 35.7. The molecule has 0 spiro atoms. The predicted molar refractivity (Wildman–Crippen MR) is 131 cm³/mol. The molecule has 1 aliphatic rings. The maximum Gasteiger partial charge on any atom is 0.238 e. The molecule has 0 radical (unpaired) electrons. The van der Waals surface area contributed by atoms with Crippen molar-refractivity contribution >= 4 is 22.5 Å². The quantitative estimate of drug-likeness (QED) is 0.343. The predicted octanol–water partition coefficient (Wildman–Crippen LogP) is 6.78. The van der Waals surface area contributed by atoms with E-state index in [1.165, 1.54) is 0 Å². The van der Waals surface area contributed by atoms with Gasteiger partial charge in [0.05, 0.1) is 11.2 Å². The molecule has 1 aromatic heterocycles. The van der Waals surface area contributed by atoms with Crippen LogP contribution in [0.4, 0.5) is 5.69 Å². The summed E-state index contributed by atoms with van der Waals surface area (Å²) >= 11 is 0. The van der Waals surface area contributed by atoms with Gasteiger partial charge in [0.1, 0.15) is 17.4 Å². The Labute approximate surface area is 191 Å². The molecule has 5 aromatic rings. The topological polar surface area (TPSA) is 51.2 Å². The Morgan fingerprint density at radius 2 is 1.42 bits per heavy atom. The van der Waals surface area contributed by atoms with Crippen LogP contribution in [0.5, 0.6) is 11.5 Å². The number of nitrogens with one attached hydrogen (secondary N) is 1. The number of fused-ring (bicyclic) bond motifs is 2. The van der Waals surface area contributed by atoms with Gasteiger partial charge in [-0.3, -0.25) is 9.78 Å². The van der Waals surface area contributed by atoms with E-state index in [9.17, 15) is 4.79 Å². The number of nitrogens with zero attached hydrogens (tertiary/aromatic N) is 1. The number of hydrogen-bond donors (Lipinski definition) is 1. The number of rotatable bonds is 4. The first-order valence-electron chi connectivity index (χ1n) is 10.9. The van der Waals surface area contributed by atoms with Crippen molar-refractivity contribution in [1.29, 1.82) is 0 Å². The standard InChI is InChI=1S/C29H20N2O2/c32-29-28(27-17-12-20-6-4-5-9-25(20)30-27)24-18-21(13-16-26(24)31-29)19-10-14-23(15-11-19)33-22-7-2-1-3-8-22/h1-18,28H,(H,31,32). The fourth-order valence-electron chi connectivity index (χ4n) is 4.32. The van der Waals surface area contributed by atoms with Gasteiger partial charge in [-0.1, -0.05) is 60.7 Å². The number of amides is 1. The summed E-state index contributed by atoms with van der Waals surface area (Å²) in [5.41, 5.74) is 5.54. The minimum absolute atomic E-state index is 0.0449. The van der Waals surface area contributed by atoms with Crippen molar-refractivity contribution in [1.82, 2.24) is 4.98 Å². The number of para-hydroxylation sites is 2. The van der Waals surface area contributed by atoms with Crippen LogP contribution >= 0.6 is 0 Å². The van der Waals surface area contributed by atoms with Crippen LogP contribution in [-0.4, -0.2) is 10.9 Å². The zero-order valence-corrected chi connectivity index (χ0v) is 17.7. The van der Waals surface area contributed by atoms with Crippen LogP contribution in [0.3, 0.4) is 0 Å². The van der Waals surface area contributed by atoms with Gasteiger partial charge in [0, 0.05) is 11.1 Å². The lowest BCUT2D eigenvalue weighted by Gasteiger charge is -2.11. The molecular formula is C29H20N2O2. The normalized spacial score (nSPS) is 14.7. The Morgan fingerprint density at radius 3 is 2.27 bits per heavy atom. The Kier molecular flexibility index (Phi) is 4.62. The van der Waals surface area contributed by atoms with Crippen LogP contribution in [0.15, 0.2) is 109 Å². The van der Waals surface area contributed by atoms with E-state index in [1.54, 1.807) is 0 Å². The van der Waals surface area contributed by atoms with E-state index in [0.717, 1.165) is 50.5 Å². The number of ether oxygens (including phenoxy) is 1. The summed E-state index contributed by atoms with van der Waals surface area (Å²) in [5.74, 6) is 1.11. The summed E-state index contributed by atoms with van der Waals surface area (Å²) in [6.45, 7) is 0. The number of pyridine rings is 1. The average Bonchev–Trinajstić information content (AvgIpc) is 3.19. The molecule has 2 heterocycles. The summed E-state index contributed by atoms with van der Waals surface area (Å²) in [6.07, 6.45) is 0. The van der Waals surface area contributed by atoms with Gasteiger partial charge in [0.2, 0.25) is 5.91 Å². The Bertz CT molecular complexity index is 1480. The third-order valence-corrected chi connectivity index (χ3v) is 5.96. The van der Waals surface area contributed by atoms with E-state index in [4.69, 9.17) is 9.72 Å². The maximum atomic E-state index is 12.9. The largest absolute Gasteiger partial charge is 0.457 e. The van der Waals surface area contributed by atoms with Crippen molar-refractivity contribution in [2.24, 2.45) is 0 Å². The van der Waals surface area contributed by atoms with Gasteiger partial charge >= 0.3 is 0 Å². The summed E-state index contributed by atoms with van der Waals surface area (Å²) < 4.78 is 5.90. The molecule has 4 nitrogen and oxygen atoms in total. The number of anilines is 1. The molecule has 4 heteroatoms. The SMILES string of the molecule is O=C1Nc2ccc(-c3ccc(Oc4ccccc4)cc3)cc2C1c1ccc2ccccc2n1. The number of aromatic nitrogens is 1. The lowest BCUT2D eigenvalue weighted by atomic mass is 9.93. The van der Waals surface area contributed by atoms with Crippen LogP contribution in [0.25, 0.3) is 22.0 Å². The molecule has 1 aliphatic heterocycles. The molecule has 1 atom stereocenters. The number of hydrogen-bond acceptors (Lipinski definition) is 3. The summed E-state index contributed by atoms with van der Waals surface area (Å²) in [5, 5.41) is 4.07. The first-order valence-corrected chi connectivity index (χ1v) is 10.9. The molecule has 1 amide bonds. The minimum Gasteiger partial charge on any atom is -0.457 e. The van der Waals surface area contributed by atoms with Crippen molar-refractivity contribution in [2.45, 2.75) is 5.92 Å². The highest BCUT2D eigenvalue weighted by Gasteiger charge is 2.33. The molecule has 0 saturated carbocycles. The minimum atomic E-state index is -0.426. The molecule has 158 valence electrons. The lowest BCUT2D eigenvalue weighted by Crippen LogP contribution is -2.14.